The molecule has 2 aliphatic rings. The highest BCUT2D eigenvalue weighted by Gasteiger charge is 2.51. The van der Waals surface area contributed by atoms with Crippen molar-refractivity contribution in [3.8, 4) is 0 Å². The molecule has 1 spiro atoms. The number of hydrogen-bond donors (Lipinski definition) is 1. The summed E-state index contributed by atoms with van der Waals surface area (Å²) >= 11 is 0. The number of carbonyl (C=O) groups is 1. The normalized spacial score (nSPS) is 26.2. The predicted octanol–water partition coefficient (Wildman–Crippen LogP) is 2.37. The Morgan fingerprint density at radius 2 is 1.94 bits per heavy atom. The summed E-state index contributed by atoms with van der Waals surface area (Å²) in [6.45, 7) is 2.11. The van der Waals surface area contributed by atoms with Crippen LogP contribution in [-0.2, 0) is 4.79 Å². The van der Waals surface area contributed by atoms with Gasteiger partial charge in [0, 0.05) is 7.05 Å². The van der Waals surface area contributed by atoms with Crippen molar-refractivity contribution in [2.75, 3.05) is 7.05 Å². The van der Waals surface area contributed by atoms with Gasteiger partial charge in [0.05, 0.1) is 5.54 Å². The Labute approximate surface area is 108 Å². The molecule has 1 aliphatic heterocycles. The van der Waals surface area contributed by atoms with E-state index in [-0.39, 0.29) is 17.6 Å². The third kappa shape index (κ3) is 1.57. The highest BCUT2D eigenvalue weighted by molar-refractivity contribution is 5.89. The zero-order valence-electron chi connectivity index (χ0n) is 11.1. The summed E-state index contributed by atoms with van der Waals surface area (Å²) < 4.78 is 0. The average Bonchev–Trinajstić information content (AvgIpc) is 2.93. The molecule has 0 radical (unpaired) electrons. The van der Waals surface area contributed by atoms with E-state index in [1.165, 1.54) is 11.1 Å². The summed E-state index contributed by atoms with van der Waals surface area (Å²) in [5.74, 6) is 0.272. The van der Waals surface area contributed by atoms with E-state index in [1.54, 1.807) is 0 Å². The molecule has 1 saturated heterocycles. The predicted molar refractivity (Wildman–Crippen MR) is 71.0 cm³/mol. The molecule has 3 rings (SSSR count). The fourth-order valence-electron chi connectivity index (χ4n) is 3.39. The van der Waals surface area contributed by atoms with Gasteiger partial charge in [0.25, 0.3) is 0 Å². The van der Waals surface area contributed by atoms with Crippen molar-refractivity contribution in [1.82, 2.24) is 10.2 Å². The SMILES string of the molecule is Cc1ccccc1C1NC2(CCCC2)C(=O)N1C. The lowest BCUT2D eigenvalue weighted by Gasteiger charge is -2.22. The van der Waals surface area contributed by atoms with Gasteiger partial charge in [-0.15, -0.1) is 0 Å². The minimum absolute atomic E-state index is 0.0387. The second-order valence-corrected chi connectivity index (χ2v) is 5.61. The minimum atomic E-state index is -0.276. The number of aryl methyl sites for hydroxylation is 1. The van der Waals surface area contributed by atoms with Gasteiger partial charge >= 0.3 is 0 Å². The topological polar surface area (TPSA) is 32.3 Å². The van der Waals surface area contributed by atoms with Crippen molar-refractivity contribution in [1.29, 1.82) is 0 Å². The molecule has 0 bridgehead atoms. The first-order chi connectivity index (χ1) is 8.64. The third-order valence-electron chi connectivity index (χ3n) is 4.47. The number of hydrogen-bond acceptors (Lipinski definition) is 2. The number of rotatable bonds is 1. The molecule has 1 amide bonds. The van der Waals surface area contributed by atoms with Gasteiger partial charge in [-0.2, -0.15) is 0 Å². The molecule has 1 atom stereocenters. The van der Waals surface area contributed by atoms with Gasteiger partial charge in [-0.05, 0) is 30.9 Å². The van der Waals surface area contributed by atoms with E-state index in [9.17, 15) is 4.79 Å². The number of nitrogens with one attached hydrogen (secondary N) is 1. The van der Waals surface area contributed by atoms with E-state index < -0.39 is 0 Å². The highest BCUT2D eigenvalue weighted by Crippen LogP contribution is 2.40. The Bertz CT molecular complexity index is 477. The zero-order valence-corrected chi connectivity index (χ0v) is 11.1. The Balaban J connectivity index is 1.96. The molecule has 1 heterocycles. The van der Waals surface area contributed by atoms with Crippen molar-refractivity contribution in [2.24, 2.45) is 0 Å². The first-order valence-electron chi connectivity index (χ1n) is 6.74. The van der Waals surface area contributed by atoms with Gasteiger partial charge in [0.15, 0.2) is 0 Å². The van der Waals surface area contributed by atoms with Gasteiger partial charge in [0.2, 0.25) is 5.91 Å². The number of benzene rings is 1. The molecular formula is C15H20N2O. The molecule has 1 aliphatic carbocycles. The zero-order chi connectivity index (χ0) is 12.8. The van der Waals surface area contributed by atoms with Crippen molar-refractivity contribution >= 4 is 5.91 Å². The van der Waals surface area contributed by atoms with Crippen LogP contribution in [0.1, 0.15) is 43.0 Å². The Hall–Kier alpha value is -1.35. The summed E-state index contributed by atoms with van der Waals surface area (Å²) in [5, 5.41) is 3.60. The Morgan fingerprint density at radius 1 is 1.28 bits per heavy atom. The van der Waals surface area contributed by atoms with Crippen molar-refractivity contribution < 1.29 is 4.79 Å². The second kappa shape index (κ2) is 4.09. The van der Waals surface area contributed by atoms with Crippen LogP contribution in [-0.4, -0.2) is 23.4 Å². The van der Waals surface area contributed by atoms with Crippen LogP contribution < -0.4 is 5.32 Å². The summed E-state index contributed by atoms with van der Waals surface area (Å²) in [5.41, 5.74) is 2.18. The van der Waals surface area contributed by atoms with E-state index in [1.807, 2.05) is 24.1 Å². The lowest BCUT2D eigenvalue weighted by atomic mass is 9.98. The molecule has 1 saturated carbocycles. The molecular weight excluding hydrogens is 224 g/mol. The van der Waals surface area contributed by atoms with Gasteiger partial charge in [-0.3, -0.25) is 10.1 Å². The molecule has 3 nitrogen and oxygen atoms in total. The van der Waals surface area contributed by atoms with E-state index in [4.69, 9.17) is 0 Å². The molecule has 0 aromatic heterocycles. The van der Waals surface area contributed by atoms with Crippen LogP contribution in [0, 0.1) is 6.92 Å². The standard InChI is InChI=1S/C15H20N2O/c1-11-7-3-4-8-12(11)13-16-15(9-5-6-10-15)14(18)17(13)2/h3-4,7-8,13,16H,5-6,9-10H2,1-2H3. The third-order valence-corrected chi connectivity index (χ3v) is 4.47. The Morgan fingerprint density at radius 3 is 2.61 bits per heavy atom. The number of nitrogens with zero attached hydrogens (tertiary/aromatic N) is 1. The molecule has 2 fully saturated rings. The molecule has 18 heavy (non-hydrogen) atoms. The van der Waals surface area contributed by atoms with Crippen molar-refractivity contribution in [3.63, 3.8) is 0 Å². The van der Waals surface area contributed by atoms with Crippen molar-refractivity contribution in [2.45, 2.75) is 44.3 Å². The van der Waals surface area contributed by atoms with Crippen LogP contribution in [0.5, 0.6) is 0 Å². The van der Waals surface area contributed by atoms with Gasteiger partial charge in [0.1, 0.15) is 6.17 Å². The quantitative estimate of drug-likeness (QED) is 0.822. The summed E-state index contributed by atoms with van der Waals surface area (Å²) in [6.07, 6.45) is 4.33. The second-order valence-electron chi connectivity index (χ2n) is 5.61. The monoisotopic (exact) mass is 244 g/mol. The van der Waals surface area contributed by atoms with Crippen LogP contribution >= 0.6 is 0 Å². The van der Waals surface area contributed by atoms with Crippen LogP contribution in [0.4, 0.5) is 0 Å². The van der Waals surface area contributed by atoms with E-state index in [2.05, 4.69) is 24.4 Å². The average molecular weight is 244 g/mol. The molecule has 1 aromatic carbocycles. The minimum Gasteiger partial charge on any atom is -0.324 e. The van der Waals surface area contributed by atoms with E-state index in [0.717, 1.165) is 25.7 Å². The summed E-state index contributed by atoms with van der Waals surface area (Å²) in [6, 6.07) is 8.31. The van der Waals surface area contributed by atoms with Crippen molar-refractivity contribution in [3.05, 3.63) is 35.4 Å². The summed E-state index contributed by atoms with van der Waals surface area (Å²) in [4.78, 5) is 14.4. The highest BCUT2D eigenvalue weighted by atomic mass is 16.2. The number of carbonyl (C=O) groups excluding carboxylic acids is 1. The fourth-order valence-corrected chi connectivity index (χ4v) is 3.39. The number of amides is 1. The molecule has 3 heteroatoms. The van der Waals surface area contributed by atoms with Crippen LogP contribution in [0.25, 0.3) is 0 Å². The van der Waals surface area contributed by atoms with Gasteiger partial charge in [-0.25, -0.2) is 0 Å². The maximum atomic E-state index is 12.5. The fraction of sp³-hybridized carbons (Fsp3) is 0.533. The molecule has 1 N–H and O–H groups in total. The molecule has 1 aromatic rings. The largest absolute Gasteiger partial charge is 0.324 e. The molecule has 96 valence electrons. The van der Waals surface area contributed by atoms with E-state index in [0.29, 0.717) is 0 Å². The maximum absolute atomic E-state index is 12.5. The number of likely N-dealkylation sites (N-methyl/N-ethyl adjacent to an activating group) is 1. The molecule has 1 unspecified atom stereocenters. The lowest BCUT2D eigenvalue weighted by Crippen LogP contribution is -2.43. The summed E-state index contributed by atoms with van der Waals surface area (Å²) in [7, 11) is 1.92. The van der Waals surface area contributed by atoms with Gasteiger partial charge in [-0.1, -0.05) is 37.1 Å². The first-order valence-corrected chi connectivity index (χ1v) is 6.74. The van der Waals surface area contributed by atoms with Crippen LogP contribution in [0.2, 0.25) is 0 Å². The Kier molecular flexibility index (Phi) is 2.67. The maximum Gasteiger partial charge on any atom is 0.244 e. The van der Waals surface area contributed by atoms with Crippen LogP contribution in [0.15, 0.2) is 24.3 Å². The van der Waals surface area contributed by atoms with Crippen LogP contribution in [0.3, 0.4) is 0 Å². The van der Waals surface area contributed by atoms with E-state index >= 15 is 0 Å². The smallest absolute Gasteiger partial charge is 0.244 e. The lowest BCUT2D eigenvalue weighted by molar-refractivity contribution is -0.132. The first kappa shape index (κ1) is 11.7. The van der Waals surface area contributed by atoms with Gasteiger partial charge < -0.3 is 4.90 Å².